The molecule has 1 N–H and O–H groups in total. The molecule has 188 valence electrons. The summed E-state index contributed by atoms with van der Waals surface area (Å²) in [6, 6.07) is 10.0. The van der Waals surface area contributed by atoms with Gasteiger partial charge < -0.3 is 9.84 Å². The van der Waals surface area contributed by atoms with Crippen molar-refractivity contribution in [1.82, 2.24) is 0 Å². The van der Waals surface area contributed by atoms with Gasteiger partial charge >= 0.3 is 5.97 Å². The van der Waals surface area contributed by atoms with Crippen LogP contribution in [0.2, 0.25) is 0 Å². The Morgan fingerprint density at radius 3 is 2.59 bits per heavy atom. The van der Waals surface area contributed by atoms with E-state index in [0.29, 0.717) is 29.6 Å². The smallest absolute Gasteiger partial charge is 0.311 e. The van der Waals surface area contributed by atoms with Gasteiger partial charge in [0.1, 0.15) is 6.61 Å². The molecule has 2 saturated carbocycles. The second-order valence-corrected chi connectivity index (χ2v) is 12.4. The summed E-state index contributed by atoms with van der Waals surface area (Å²) < 4.78 is 5.58. The summed E-state index contributed by atoms with van der Waals surface area (Å²) in [5.41, 5.74) is 3.09. The van der Waals surface area contributed by atoms with Crippen molar-refractivity contribution >= 4 is 21.9 Å². The van der Waals surface area contributed by atoms with E-state index in [2.05, 4.69) is 41.3 Å². The van der Waals surface area contributed by atoms with Gasteiger partial charge in [0.05, 0.1) is 11.5 Å². The zero-order valence-electron chi connectivity index (χ0n) is 21.6. The van der Waals surface area contributed by atoms with Gasteiger partial charge in [-0.3, -0.25) is 4.79 Å². The summed E-state index contributed by atoms with van der Waals surface area (Å²) in [7, 11) is 0. The maximum absolute atomic E-state index is 12.3. The Labute approximate surface area is 215 Å². The lowest BCUT2D eigenvalue weighted by molar-refractivity contribution is -0.152. The summed E-state index contributed by atoms with van der Waals surface area (Å²) in [5.74, 6) is 1.14. The number of rotatable bonds is 8. The molecule has 34 heavy (non-hydrogen) atoms. The third-order valence-electron chi connectivity index (χ3n) is 8.46. The van der Waals surface area contributed by atoms with Crippen LogP contribution in [0.4, 0.5) is 0 Å². The first-order valence-electron chi connectivity index (χ1n) is 12.9. The van der Waals surface area contributed by atoms with Gasteiger partial charge in [0.15, 0.2) is 0 Å². The third kappa shape index (κ3) is 5.87. The number of carbonyl (C=O) groups is 1. The van der Waals surface area contributed by atoms with Crippen molar-refractivity contribution in [3.63, 3.8) is 0 Å². The van der Waals surface area contributed by atoms with Crippen LogP contribution in [0.3, 0.4) is 0 Å². The number of benzene rings is 1. The first kappa shape index (κ1) is 27.2. The Morgan fingerprint density at radius 1 is 1.29 bits per heavy atom. The molecule has 1 aromatic carbocycles. The van der Waals surface area contributed by atoms with Crippen LogP contribution in [0.5, 0.6) is 0 Å². The Morgan fingerprint density at radius 2 is 1.97 bits per heavy atom. The lowest BCUT2D eigenvalue weighted by atomic mass is 9.61. The van der Waals surface area contributed by atoms with Crippen molar-refractivity contribution in [3.05, 3.63) is 58.6 Å². The van der Waals surface area contributed by atoms with Gasteiger partial charge in [0, 0.05) is 5.92 Å². The minimum absolute atomic E-state index is 0.129. The molecule has 0 aromatic heterocycles. The summed E-state index contributed by atoms with van der Waals surface area (Å²) in [6.07, 6.45) is 6.33. The van der Waals surface area contributed by atoms with Crippen LogP contribution in [0.15, 0.2) is 53.0 Å². The average Bonchev–Trinajstić information content (AvgIpc) is 3.14. The topological polar surface area (TPSA) is 46.5 Å². The van der Waals surface area contributed by atoms with E-state index in [-0.39, 0.29) is 18.5 Å². The van der Waals surface area contributed by atoms with Crippen LogP contribution in [0, 0.1) is 28.6 Å². The van der Waals surface area contributed by atoms with Gasteiger partial charge in [-0.05, 0) is 98.6 Å². The molecule has 3 rings (SSSR count). The van der Waals surface area contributed by atoms with Crippen molar-refractivity contribution < 1.29 is 14.6 Å². The Kier molecular flexibility index (Phi) is 8.90. The summed E-state index contributed by atoms with van der Waals surface area (Å²) >= 11 is 3.62. The molecule has 2 fully saturated rings. The van der Waals surface area contributed by atoms with E-state index in [4.69, 9.17) is 4.74 Å². The largest absolute Gasteiger partial charge is 0.461 e. The van der Waals surface area contributed by atoms with Crippen molar-refractivity contribution in [1.29, 1.82) is 0 Å². The lowest BCUT2D eigenvalue weighted by Crippen LogP contribution is -2.37. The molecule has 2 aliphatic rings. The van der Waals surface area contributed by atoms with E-state index in [1.807, 2.05) is 51.1 Å². The average molecular weight is 532 g/mol. The number of aliphatic hydroxyl groups is 1. The van der Waals surface area contributed by atoms with Gasteiger partial charge in [0.2, 0.25) is 0 Å². The summed E-state index contributed by atoms with van der Waals surface area (Å²) in [5, 5.41) is 11.5. The molecule has 0 bridgehead atoms. The maximum Gasteiger partial charge on any atom is 0.311 e. The number of halogens is 1. The van der Waals surface area contributed by atoms with Gasteiger partial charge in [-0.2, -0.15) is 0 Å². The van der Waals surface area contributed by atoms with Gasteiger partial charge in [-0.15, -0.1) is 0 Å². The minimum Gasteiger partial charge on any atom is -0.461 e. The second kappa shape index (κ2) is 11.1. The lowest BCUT2D eigenvalue weighted by Gasteiger charge is -2.44. The molecule has 3 nitrogen and oxygen atoms in total. The number of ether oxygens (including phenoxy) is 1. The molecule has 0 saturated heterocycles. The van der Waals surface area contributed by atoms with Crippen molar-refractivity contribution in [3.8, 4) is 0 Å². The molecule has 0 aliphatic heterocycles. The van der Waals surface area contributed by atoms with Gasteiger partial charge in [-0.1, -0.05) is 72.3 Å². The minimum atomic E-state index is -0.573. The van der Waals surface area contributed by atoms with Crippen LogP contribution in [0.25, 0.3) is 0 Å². The van der Waals surface area contributed by atoms with Crippen LogP contribution in [0.1, 0.15) is 84.6 Å². The van der Waals surface area contributed by atoms with E-state index in [1.54, 1.807) is 5.57 Å². The fourth-order valence-corrected chi connectivity index (χ4v) is 7.23. The van der Waals surface area contributed by atoms with Crippen molar-refractivity contribution in [2.45, 2.75) is 85.2 Å². The molecule has 4 heteroatoms. The number of fused-ring (bicyclic) bond motifs is 1. The fraction of sp³-hybridized carbons (Fsp3) is 0.633. The van der Waals surface area contributed by atoms with E-state index in [9.17, 15) is 9.90 Å². The van der Waals surface area contributed by atoms with Gasteiger partial charge in [0.25, 0.3) is 0 Å². The highest BCUT2D eigenvalue weighted by atomic mass is 79.9. The highest BCUT2D eigenvalue weighted by Gasteiger charge is 2.51. The maximum atomic E-state index is 12.3. The highest BCUT2D eigenvalue weighted by molar-refractivity contribution is 9.11. The molecule has 0 amide bonds. The molecule has 0 radical (unpaired) electrons. The van der Waals surface area contributed by atoms with E-state index in [1.165, 1.54) is 32.1 Å². The molecular weight excluding hydrogens is 488 g/mol. The molecule has 0 unspecified atom stereocenters. The Balaban J connectivity index is 1.75. The zero-order valence-corrected chi connectivity index (χ0v) is 23.2. The monoisotopic (exact) mass is 530 g/mol. The molecule has 2 aliphatic carbocycles. The SMILES string of the molecule is C=C(COC(=O)C(C)(C)C)[C@@H](c1ccccc1)[C@H](O)C[C@@H](C)[C@H]1CC[C@H]2C(=CBr)CCC[C@]12C. The predicted octanol–water partition coefficient (Wildman–Crippen LogP) is 7.80. The fourth-order valence-electron chi connectivity index (χ4n) is 6.68. The molecule has 1 aromatic rings. The molecule has 0 spiro atoms. The first-order chi connectivity index (χ1) is 16.0. The summed E-state index contributed by atoms with van der Waals surface area (Å²) in [4.78, 5) is 14.5. The van der Waals surface area contributed by atoms with Crippen LogP contribution >= 0.6 is 15.9 Å². The second-order valence-electron chi connectivity index (χ2n) is 11.9. The predicted molar refractivity (Wildman–Crippen MR) is 144 cm³/mol. The van der Waals surface area contributed by atoms with Gasteiger partial charge in [-0.25, -0.2) is 0 Å². The van der Waals surface area contributed by atoms with E-state index in [0.717, 1.165) is 11.1 Å². The quantitative estimate of drug-likeness (QED) is 0.275. The van der Waals surface area contributed by atoms with E-state index >= 15 is 0 Å². The standard InChI is InChI=1S/C30H43BrO3/c1-20(24-14-15-25-23(18-31)13-10-16-30(24,25)6)17-26(32)27(22-11-8-7-9-12-22)21(2)19-34-28(33)29(3,4)5/h7-9,11-12,18,20,24-27,32H,2,10,13-17,19H2,1,3-6H3/t20-,24-,25+,26-,27+,30-/m1/s1. The first-order valence-corrected chi connectivity index (χ1v) is 13.8. The Bertz CT molecular complexity index is 884. The number of hydrogen-bond acceptors (Lipinski definition) is 3. The van der Waals surface area contributed by atoms with Crippen LogP contribution < -0.4 is 0 Å². The Hall–Kier alpha value is -1.39. The van der Waals surface area contributed by atoms with Crippen molar-refractivity contribution in [2.75, 3.05) is 6.61 Å². The molecule has 0 heterocycles. The number of aliphatic hydroxyl groups excluding tert-OH is 1. The normalized spacial score (nSPS) is 28.7. The zero-order chi connectivity index (χ0) is 25.1. The summed E-state index contributed by atoms with van der Waals surface area (Å²) in [6.45, 7) is 14.7. The highest BCUT2D eigenvalue weighted by Crippen LogP contribution is 2.60. The van der Waals surface area contributed by atoms with Crippen LogP contribution in [-0.2, 0) is 9.53 Å². The molecular formula is C30H43BrO3. The number of allylic oxidation sites excluding steroid dienone is 1. The van der Waals surface area contributed by atoms with E-state index < -0.39 is 11.5 Å². The van der Waals surface area contributed by atoms with Crippen molar-refractivity contribution in [2.24, 2.45) is 28.6 Å². The number of hydrogen-bond donors (Lipinski definition) is 1. The number of carbonyl (C=O) groups excluding carboxylic acids is 1. The third-order valence-corrected chi connectivity index (χ3v) is 9.05. The van der Waals surface area contributed by atoms with Crippen LogP contribution in [-0.4, -0.2) is 23.8 Å². The molecule has 6 atom stereocenters. The number of esters is 1.